The number of nitrogens with zero attached hydrogens (tertiary/aromatic N) is 5. The number of aliphatic carboxylic acids is 1. The van der Waals surface area contributed by atoms with Gasteiger partial charge in [0.25, 0.3) is 0 Å². The van der Waals surface area contributed by atoms with Gasteiger partial charge in [-0.15, -0.1) is 11.3 Å². The number of hydrogen-bond acceptors (Lipinski definition) is 7. The number of benzene rings is 3. The Morgan fingerprint density at radius 2 is 1.64 bits per heavy atom. The van der Waals surface area contributed by atoms with Crippen molar-refractivity contribution in [3.63, 3.8) is 0 Å². The van der Waals surface area contributed by atoms with Crippen molar-refractivity contribution in [1.29, 1.82) is 0 Å². The molecule has 0 saturated heterocycles. The average molecular weight is 600 g/mol. The Morgan fingerprint density at radius 3 is 2.33 bits per heavy atom. The highest BCUT2D eigenvalue weighted by molar-refractivity contribution is 7.22. The van der Waals surface area contributed by atoms with E-state index in [4.69, 9.17) is 26.7 Å². The van der Waals surface area contributed by atoms with Gasteiger partial charge in [-0.2, -0.15) is 5.10 Å². The summed E-state index contributed by atoms with van der Waals surface area (Å²) in [5.41, 5.74) is 7.08. The van der Waals surface area contributed by atoms with E-state index < -0.39 is 11.6 Å². The van der Waals surface area contributed by atoms with Gasteiger partial charge in [0.1, 0.15) is 10.7 Å². The minimum atomic E-state index is -0.883. The zero-order valence-corrected chi connectivity index (χ0v) is 25.5. The molecule has 8 nitrogen and oxygen atoms in total. The number of aromatic nitrogens is 5. The zero-order chi connectivity index (χ0) is 30.2. The van der Waals surface area contributed by atoms with Crippen LogP contribution in [-0.2, 0) is 18.3 Å². The summed E-state index contributed by atoms with van der Waals surface area (Å²) >= 11 is 7.61. The van der Waals surface area contributed by atoms with Crippen molar-refractivity contribution in [2.45, 2.75) is 39.7 Å². The van der Waals surface area contributed by atoms with Crippen molar-refractivity contribution in [1.82, 2.24) is 24.7 Å². The second-order valence-electron chi connectivity index (χ2n) is 11.0. The molecule has 3 heterocycles. The normalized spacial score (nSPS) is 11.5. The van der Waals surface area contributed by atoms with Crippen molar-refractivity contribution in [2.24, 2.45) is 7.05 Å². The van der Waals surface area contributed by atoms with E-state index in [9.17, 15) is 9.90 Å². The molecule has 0 aliphatic heterocycles. The fourth-order valence-corrected chi connectivity index (χ4v) is 5.80. The van der Waals surface area contributed by atoms with Gasteiger partial charge in [-0.3, -0.25) is 14.5 Å². The molecule has 0 aliphatic carbocycles. The fourth-order valence-electron chi connectivity index (χ4n) is 4.58. The summed E-state index contributed by atoms with van der Waals surface area (Å²) in [5, 5.41) is 24.8. The number of aliphatic hydroxyl groups is 1. The standard InChI is InChI=1S/C28H20ClN5O2S.C4H10O/c1-15-9-21-27(26(20(15)11-25(35)36)16-3-6-19(29)7-4-16)37-28(33-21)23-14-30-13-22(32-23)17-5-8-24-18(10-17)12-31-34(24)2;1-4(2,3)5/h3-10,12-14H,11H2,1-2H3,(H,35,36);5H,1-3H3. The molecule has 10 heteroatoms. The van der Waals surface area contributed by atoms with Crippen LogP contribution in [0.25, 0.3) is 54.2 Å². The van der Waals surface area contributed by atoms with Crippen molar-refractivity contribution in [3.05, 3.63) is 83.3 Å². The smallest absolute Gasteiger partial charge is 0.307 e. The Kier molecular flexibility index (Phi) is 8.10. The molecule has 214 valence electrons. The number of aryl methyl sites for hydroxylation is 2. The topological polar surface area (TPSA) is 114 Å². The average Bonchev–Trinajstić information content (AvgIpc) is 3.52. The highest BCUT2D eigenvalue weighted by Gasteiger charge is 2.20. The first-order valence-electron chi connectivity index (χ1n) is 13.2. The molecule has 0 saturated carbocycles. The number of fused-ring (bicyclic) bond motifs is 2. The number of carboxylic acids is 1. The molecule has 0 atom stereocenters. The first-order valence-corrected chi connectivity index (χ1v) is 14.4. The molecule has 2 N–H and O–H groups in total. The second kappa shape index (κ2) is 11.6. The van der Waals surface area contributed by atoms with E-state index >= 15 is 0 Å². The number of hydrogen-bond donors (Lipinski definition) is 2. The van der Waals surface area contributed by atoms with Gasteiger partial charge in [-0.05, 0) is 74.7 Å². The monoisotopic (exact) mass is 599 g/mol. The maximum atomic E-state index is 11.7. The number of halogens is 1. The quantitative estimate of drug-likeness (QED) is 0.213. The molecule has 3 aromatic carbocycles. The van der Waals surface area contributed by atoms with Gasteiger partial charge in [0.2, 0.25) is 0 Å². The van der Waals surface area contributed by atoms with Crippen LogP contribution in [0.1, 0.15) is 31.9 Å². The Bertz CT molecular complexity index is 1920. The minimum absolute atomic E-state index is 0.0842. The lowest BCUT2D eigenvalue weighted by atomic mass is 9.93. The van der Waals surface area contributed by atoms with Crippen molar-refractivity contribution in [2.75, 3.05) is 0 Å². The third-order valence-electron chi connectivity index (χ3n) is 6.37. The van der Waals surface area contributed by atoms with Crippen LogP contribution in [0.3, 0.4) is 0 Å². The van der Waals surface area contributed by atoms with E-state index in [1.807, 2.05) is 67.3 Å². The highest BCUT2D eigenvalue weighted by atomic mass is 35.5. The summed E-state index contributed by atoms with van der Waals surface area (Å²) in [6.07, 6.45) is 5.19. The molecule has 0 unspecified atom stereocenters. The molecular formula is C32H30ClN5O3S. The van der Waals surface area contributed by atoms with Crippen LogP contribution < -0.4 is 0 Å². The van der Waals surface area contributed by atoms with E-state index in [0.29, 0.717) is 15.7 Å². The molecule has 0 amide bonds. The van der Waals surface area contributed by atoms with Gasteiger partial charge in [-0.1, -0.05) is 29.8 Å². The number of carboxylic acid groups (broad SMARTS) is 1. The first-order chi connectivity index (χ1) is 19.9. The fraction of sp³-hybridized carbons (Fsp3) is 0.219. The highest BCUT2D eigenvalue weighted by Crippen LogP contribution is 2.41. The molecule has 3 aromatic heterocycles. The van der Waals surface area contributed by atoms with Crippen LogP contribution in [0.5, 0.6) is 0 Å². The Balaban J connectivity index is 0.000000652. The summed E-state index contributed by atoms with van der Waals surface area (Å²) in [6.45, 7) is 7.15. The molecule has 0 aliphatic rings. The molecular weight excluding hydrogens is 570 g/mol. The van der Waals surface area contributed by atoms with Crippen molar-refractivity contribution in [3.8, 4) is 33.1 Å². The van der Waals surface area contributed by atoms with Crippen LogP contribution in [0, 0.1) is 6.92 Å². The van der Waals surface area contributed by atoms with Crippen molar-refractivity contribution < 1.29 is 15.0 Å². The third kappa shape index (κ3) is 6.49. The summed E-state index contributed by atoms with van der Waals surface area (Å²) in [5.74, 6) is -0.883. The Labute approximate surface area is 252 Å². The van der Waals surface area contributed by atoms with Gasteiger partial charge in [0.05, 0.1) is 52.0 Å². The SMILES string of the molecule is CC(C)(C)O.Cc1cc2nc(-c3cncc(-c4ccc5c(cnn5C)c4)n3)sc2c(-c2ccc(Cl)cc2)c1CC(=O)O. The van der Waals surface area contributed by atoms with E-state index in [-0.39, 0.29) is 6.42 Å². The van der Waals surface area contributed by atoms with E-state index in [1.165, 1.54) is 11.3 Å². The van der Waals surface area contributed by atoms with Crippen LogP contribution in [0.4, 0.5) is 0 Å². The maximum Gasteiger partial charge on any atom is 0.307 e. The zero-order valence-electron chi connectivity index (χ0n) is 23.9. The van der Waals surface area contributed by atoms with E-state index in [0.717, 1.165) is 54.6 Å². The largest absolute Gasteiger partial charge is 0.481 e. The Hall–Kier alpha value is -4.18. The van der Waals surface area contributed by atoms with Gasteiger partial charge >= 0.3 is 5.97 Å². The predicted molar refractivity (Wildman–Crippen MR) is 169 cm³/mol. The van der Waals surface area contributed by atoms with Crippen LogP contribution in [-0.4, -0.2) is 46.5 Å². The molecule has 42 heavy (non-hydrogen) atoms. The van der Waals surface area contributed by atoms with E-state index in [2.05, 4.69) is 16.1 Å². The molecule has 0 spiro atoms. The van der Waals surface area contributed by atoms with Gasteiger partial charge in [0, 0.05) is 28.6 Å². The lowest BCUT2D eigenvalue weighted by molar-refractivity contribution is -0.136. The molecule has 0 fully saturated rings. The lowest BCUT2D eigenvalue weighted by Gasteiger charge is -2.13. The summed E-state index contributed by atoms with van der Waals surface area (Å²) < 4.78 is 2.74. The summed E-state index contributed by atoms with van der Waals surface area (Å²) in [4.78, 5) is 25.9. The second-order valence-corrected chi connectivity index (χ2v) is 12.4. The molecule has 0 radical (unpaired) electrons. The van der Waals surface area contributed by atoms with Crippen molar-refractivity contribution >= 4 is 50.0 Å². The van der Waals surface area contributed by atoms with Crippen LogP contribution in [0.15, 0.2) is 67.1 Å². The van der Waals surface area contributed by atoms with Crippen LogP contribution >= 0.6 is 22.9 Å². The predicted octanol–water partition coefficient (Wildman–Crippen LogP) is 7.34. The molecule has 6 aromatic rings. The molecule has 0 bridgehead atoms. The summed E-state index contributed by atoms with van der Waals surface area (Å²) in [6, 6.07) is 15.5. The van der Waals surface area contributed by atoms with Gasteiger partial charge < -0.3 is 10.2 Å². The first kappa shape index (κ1) is 29.3. The molecule has 6 rings (SSSR count). The maximum absolute atomic E-state index is 11.7. The minimum Gasteiger partial charge on any atom is -0.481 e. The number of carbonyl (C=O) groups is 1. The summed E-state index contributed by atoms with van der Waals surface area (Å²) in [7, 11) is 1.91. The van der Waals surface area contributed by atoms with Gasteiger partial charge in [-0.25, -0.2) is 9.97 Å². The van der Waals surface area contributed by atoms with E-state index in [1.54, 1.807) is 33.2 Å². The third-order valence-corrected chi connectivity index (χ3v) is 7.73. The van der Waals surface area contributed by atoms with Crippen LogP contribution in [0.2, 0.25) is 5.02 Å². The number of rotatable bonds is 5. The van der Waals surface area contributed by atoms with Gasteiger partial charge in [0.15, 0.2) is 0 Å². The Morgan fingerprint density at radius 1 is 0.976 bits per heavy atom. The lowest BCUT2D eigenvalue weighted by Crippen LogP contribution is -2.10. The number of thiazole rings is 1.